The summed E-state index contributed by atoms with van der Waals surface area (Å²) in [6, 6.07) is 0. The minimum Gasteiger partial charge on any atom is -0.317 e. The van der Waals surface area contributed by atoms with Crippen LogP contribution in [0.1, 0.15) is 42.9 Å². The molecule has 1 saturated heterocycles. The van der Waals surface area contributed by atoms with Gasteiger partial charge < -0.3 is 10.6 Å². The lowest BCUT2D eigenvalue weighted by Gasteiger charge is -2.20. The lowest BCUT2D eigenvalue weighted by Crippen LogP contribution is -2.26. The number of carbonyl (C=O) groups is 1. The number of amides is 1. The Morgan fingerprint density at radius 3 is 2.75 bits per heavy atom. The quantitative estimate of drug-likeness (QED) is 0.900. The summed E-state index contributed by atoms with van der Waals surface area (Å²) in [5, 5.41) is 7.23. The van der Waals surface area contributed by atoms with Crippen molar-refractivity contribution in [1.29, 1.82) is 0 Å². The van der Waals surface area contributed by atoms with Crippen LogP contribution in [-0.2, 0) is 4.79 Å². The smallest absolute Gasteiger partial charge is 0.229 e. The molecule has 4 nitrogen and oxygen atoms in total. The SMILES string of the molecule is O=C(Nc1ncc(C2CCNCC2)s1)C1C2CCCC21. The number of aromatic nitrogens is 1. The summed E-state index contributed by atoms with van der Waals surface area (Å²) in [7, 11) is 0. The Morgan fingerprint density at radius 1 is 1.25 bits per heavy atom. The van der Waals surface area contributed by atoms with Gasteiger partial charge in [0.1, 0.15) is 0 Å². The highest BCUT2D eigenvalue weighted by molar-refractivity contribution is 7.15. The number of hydrogen-bond acceptors (Lipinski definition) is 4. The predicted octanol–water partition coefficient (Wildman–Crippen LogP) is 2.59. The number of rotatable bonds is 3. The molecule has 1 aromatic rings. The van der Waals surface area contributed by atoms with Crippen molar-refractivity contribution < 1.29 is 4.79 Å². The molecule has 1 amide bonds. The van der Waals surface area contributed by atoms with Gasteiger partial charge in [0.2, 0.25) is 5.91 Å². The van der Waals surface area contributed by atoms with Gasteiger partial charge in [-0.1, -0.05) is 6.42 Å². The fourth-order valence-corrected chi connectivity index (χ4v) is 5.03. The number of piperidine rings is 1. The average Bonchev–Trinajstić information content (AvgIpc) is 2.85. The van der Waals surface area contributed by atoms with Gasteiger partial charge in [-0.2, -0.15) is 0 Å². The van der Waals surface area contributed by atoms with E-state index in [0.29, 0.717) is 17.8 Å². The minimum atomic E-state index is 0.214. The number of fused-ring (bicyclic) bond motifs is 1. The van der Waals surface area contributed by atoms with Crippen LogP contribution in [-0.4, -0.2) is 24.0 Å². The molecule has 0 radical (unpaired) electrons. The summed E-state index contributed by atoms with van der Waals surface area (Å²) in [4.78, 5) is 18.0. The zero-order valence-electron chi connectivity index (χ0n) is 11.6. The topological polar surface area (TPSA) is 54.0 Å². The Hall–Kier alpha value is -0.940. The molecular formula is C15H21N3OS. The van der Waals surface area contributed by atoms with Crippen LogP contribution in [0.2, 0.25) is 0 Å². The highest BCUT2D eigenvalue weighted by atomic mass is 32.1. The molecule has 2 atom stereocenters. The van der Waals surface area contributed by atoms with Gasteiger partial charge >= 0.3 is 0 Å². The van der Waals surface area contributed by atoms with Crippen LogP contribution in [0.3, 0.4) is 0 Å². The highest BCUT2D eigenvalue weighted by Gasteiger charge is 2.56. The molecule has 2 saturated carbocycles. The van der Waals surface area contributed by atoms with E-state index >= 15 is 0 Å². The lowest BCUT2D eigenvalue weighted by molar-refractivity contribution is -0.118. The van der Waals surface area contributed by atoms with E-state index in [2.05, 4.69) is 15.6 Å². The molecule has 0 bridgehead atoms. The van der Waals surface area contributed by atoms with Gasteiger partial charge in [-0.05, 0) is 56.5 Å². The number of hydrogen-bond donors (Lipinski definition) is 2. The number of anilines is 1. The maximum absolute atomic E-state index is 12.2. The molecule has 1 aromatic heterocycles. The zero-order chi connectivity index (χ0) is 13.5. The van der Waals surface area contributed by atoms with E-state index in [1.807, 2.05) is 6.20 Å². The molecule has 2 N–H and O–H groups in total. The third kappa shape index (κ3) is 2.27. The van der Waals surface area contributed by atoms with E-state index in [4.69, 9.17) is 0 Å². The van der Waals surface area contributed by atoms with Gasteiger partial charge in [0.25, 0.3) is 0 Å². The van der Waals surface area contributed by atoms with Crippen LogP contribution in [0.4, 0.5) is 5.13 Å². The molecule has 108 valence electrons. The van der Waals surface area contributed by atoms with E-state index in [9.17, 15) is 4.79 Å². The Labute approximate surface area is 123 Å². The van der Waals surface area contributed by atoms with Crippen molar-refractivity contribution in [2.75, 3.05) is 18.4 Å². The van der Waals surface area contributed by atoms with Crippen LogP contribution in [0.25, 0.3) is 0 Å². The Balaban J connectivity index is 1.37. The fourth-order valence-electron chi connectivity index (χ4n) is 4.04. The van der Waals surface area contributed by atoms with E-state index in [0.717, 1.165) is 18.2 Å². The van der Waals surface area contributed by atoms with Crippen LogP contribution in [0.5, 0.6) is 0 Å². The maximum Gasteiger partial charge on any atom is 0.229 e. The monoisotopic (exact) mass is 291 g/mol. The summed E-state index contributed by atoms with van der Waals surface area (Å²) in [6.07, 6.45) is 8.15. The normalized spacial score (nSPS) is 32.9. The van der Waals surface area contributed by atoms with E-state index < -0.39 is 0 Å². The maximum atomic E-state index is 12.2. The lowest BCUT2D eigenvalue weighted by atomic mass is 9.97. The Bertz CT molecular complexity index is 499. The van der Waals surface area contributed by atoms with Gasteiger partial charge in [0, 0.05) is 17.0 Å². The fraction of sp³-hybridized carbons (Fsp3) is 0.733. The van der Waals surface area contributed by atoms with Crippen molar-refractivity contribution in [2.24, 2.45) is 17.8 Å². The first kappa shape index (κ1) is 12.8. The Kier molecular flexibility index (Phi) is 3.27. The molecule has 5 heteroatoms. The van der Waals surface area contributed by atoms with Crippen LogP contribution < -0.4 is 10.6 Å². The summed E-state index contributed by atoms with van der Waals surface area (Å²) < 4.78 is 0. The Morgan fingerprint density at radius 2 is 2.00 bits per heavy atom. The molecule has 0 aromatic carbocycles. The van der Waals surface area contributed by atoms with Crippen molar-refractivity contribution in [3.8, 4) is 0 Å². The van der Waals surface area contributed by atoms with Gasteiger partial charge in [-0.15, -0.1) is 11.3 Å². The highest BCUT2D eigenvalue weighted by Crippen LogP contribution is 2.57. The average molecular weight is 291 g/mol. The third-order valence-electron chi connectivity index (χ3n) is 5.20. The zero-order valence-corrected chi connectivity index (χ0v) is 12.4. The molecule has 4 rings (SSSR count). The van der Waals surface area contributed by atoms with Crippen LogP contribution in [0.15, 0.2) is 6.20 Å². The molecule has 3 fully saturated rings. The number of nitrogens with one attached hydrogen (secondary N) is 2. The summed E-state index contributed by atoms with van der Waals surface area (Å²) in [5.74, 6) is 2.48. The molecule has 20 heavy (non-hydrogen) atoms. The molecule has 3 aliphatic rings. The largest absolute Gasteiger partial charge is 0.317 e. The van der Waals surface area contributed by atoms with Crippen molar-refractivity contribution in [2.45, 2.75) is 38.0 Å². The van der Waals surface area contributed by atoms with Gasteiger partial charge in [-0.25, -0.2) is 4.98 Å². The summed E-state index contributed by atoms with van der Waals surface area (Å²) in [5.41, 5.74) is 0. The van der Waals surface area contributed by atoms with E-state index in [1.165, 1.54) is 37.0 Å². The predicted molar refractivity (Wildman–Crippen MR) is 79.9 cm³/mol. The second-order valence-electron chi connectivity index (χ2n) is 6.37. The first-order chi connectivity index (χ1) is 9.83. The van der Waals surface area contributed by atoms with Crippen molar-refractivity contribution in [1.82, 2.24) is 10.3 Å². The standard InChI is InChI=1S/C15H21N3OS/c19-14(13-10-2-1-3-11(10)13)18-15-17-8-12(20-15)9-4-6-16-7-5-9/h8-11,13,16H,1-7H2,(H,17,18,19). The van der Waals surface area contributed by atoms with Crippen molar-refractivity contribution in [3.05, 3.63) is 11.1 Å². The molecule has 2 heterocycles. The first-order valence-electron chi connectivity index (χ1n) is 7.80. The summed E-state index contributed by atoms with van der Waals surface area (Å²) in [6.45, 7) is 2.19. The molecule has 2 aliphatic carbocycles. The number of nitrogens with zero attached hydrogens (tertiary/aromatic N) is 1. The second-order valence-corrected chi connectivity index (χ2v) is 7.43. The van der Waals surface area contributed by atoms with Crippen molar-refractivity contribution >= 4 is 22.4 Å². The van der Waals surface area contributed by atoms with E-state index in [1.54, 1.807) is 11.3 Å². The van der Waals surface area contributed by atoms with E-state index in [-0.39, 0.29) is 11.8 Å². The molecule has 2 unspecified atom stereocenters. The minimum absolute atomic E-state index is 0.214. The van der Waals surface area contributed by atoms with Gasteiger partial charge in [0.05, 0.1) is 0 Å². The van der Waals surface area contributed by atoms with Crippen LogP contribution in [0, 0.1) is 17.8 Å². The molecule has 1 aliphatic heterocycles. The second kappa shape index (κ2) is 5.11. The van der Waals surface area contributed by atoms with Crippen molar-refractivity contribution in [3.63, 3.8) is 0 Å². The van der Waals surface area contributed by atoms with Gasteiger partial charge in [0.15, 0.2) is 5.13 Å². The number of carbonyl (C=O) groups excluding carboxylic acids is 1. The third-order valence-corrected chi connectivity index (χ3v) is 6.28. The molecule has 0 spiro atoms. The van der Waals surface area contributed by atoms with Gasteiger partial charge in [-0.3, -0.25) is 4.79 Å². The van der Waals surface area contributed by atoms with Crippen LogP contribution >= 0.6 is 11.3 Å². The summed E-state index contributed by atoms with van der Waals surface area (Å²) >= 11 is 1.67. The first-order valence-corrected chi connectivity index (χ1v) is 8.62. The molecular weight excluding hydrogens is 270 g/mol. The number of thiazole rings is 1.